The summed E-state index contributed by atoms with van der Waals surface area (Å²) in [4.78, 5) is 0. The fourth-order valence-electron chi connectivity index (χ4n) is 1.97. The minimum Gasteiger partial charge on any atom is -0.461 e. The molecule has 0 bridgehead atoms. The van der Waals surface area contributed by atoms with Crippen LogP contribution in [0.15, 0.2) is 28.7 Å². The molecule has 1 N–H and O–H groups in total. The van der Waals surface area contributed by atoms with E-state index in [0.717, 1.165) is 30.9 Å². The first-order valence-corrected chi connectivity index (χ1v) is 5.96. The second kappa shape index (κ2) is 5.56. The lowest BCUT2D eigenvalue weighted by Gasteiger charge is -2.01. The summed E-state index contributed by atoms with van der Waals surface area (Å²) in [6, 6.07) is 8.18. The first-order valence-electron chi connectivity index (χ1n) is 5.96. The summed E-state index contributed by atoms with van der Waals surface area (Å²) >= 11 is 0. The van der Waals surface area contributed by atoms with E-state index in [1.165, 1.54) is 10.9 Å². The standard InChI is InChI=1S/C15H17NO/c1-3-5-10-16-11-13-12-8-6-7-9-15(12)17-14(13)4-2/h6-9,16H,4,10-11H2,1-2H3. The first kappa shape index (κ1) is 11.8. The molecule has 1 heterocycles. The fourth-order valence-corrected chi connectivity index (χ4v) is 1.97. The molecule has 17 heavy (non-hydrogen) atoms. The number of para-hydroxylation sites is 1. The molecule has 0 unspecified atom stereocenters. The number of hydrogen-bond donors (Lipinski definition) is 1. The molecule has 2 nitrogen and oxygen atoms in total. The van der Waals surface area contributed by atoms with Crippen LogP contribution in [0.1, 0.15) is 25.2 Å². The van der Waals surface area contributed by atoms with E-state index in [1.807, 2.05) is 25.1 Å². The predicted octanol–water partition coefficient (Wildman–Crippen LogP) is 3.11. The van der Waals surface area contributed by atoms with Gasteiger partial charge in [-0.1, -0.05) is 31.0 Å². The minimum absolute atomic E-state index is 0.721. The van der Waals surface area contributed by atoms with Crippen molar-refractivity contribution in [2.75, 3.05) is 6.54 Å². The Labute approximate surface area is 102 Å². The summed E-state index contributed by atoms with van der Waals surface area (Å²) in [5.74, 6) is 6.95. The van der Waals surface area contributed by atoms with Crippen LogP contribution < -0.4 is 5.32 Å². The Kier molecular flexibility index (Phi) is 3.85. The zero-order valence-corrected chi connectivity index (χ0v) is 10.3. The van der Waals surface area contributed by atoms with E-state index in [-0.39, 0.29) is 0 Å². The second-order valence-electron chi connectivity index (χ2n) is 3.88. The maximum absolute atomic E-state index is 5.83. The van der Waals surface area contributed by atoms with Crippen molar-refractivity contribution >= 4 is 11.0 Å². The van der Waals surface area contributed by atoms with Crippen LogP contribution in [0.3, 0.4) is 0 Å². The Hall–Kier alpha value is -1.72. The third kappa shape index (κ3) is 2.51. The Balaban J connectivity index is 2.26. The average Bonchev–Trinajstić information content (AvgIpc) is 2.73. The van der Waals surface area contributed by atoms with Gasteiger partial charge in [-0.25, -0.2) is 0 Å². The summed E-state index contributed by atoms with van der Waals surface area (Å²) in [7, 11) is 0. The van der Waals surface area contributed by atoms with Crippen LogP contribution in [-0.2, 0) is 13.0 Å². The maximum atomic E-state index is 5.83. The number of hydrogen-bond acceptors (Lipinski definition) is 2. The van der Waals surface area contributed by atoms with Crippen LogP contribution in [-0.4, -0.2) is 6.54 Å². The largest absolute Gasteiger partial charge is 0.461 e. The molecule has 0 aliphatic rings. The molecule has 1 aromatic heterocycles. The normalized spacial score (nSPS) is 10.2. The molecule has 0 aliphatic carbocycles. The van der Waals surface area contributed by atoms with Crippen LogP contribution >= 0.6 is 0 Å². The van der Waals surface area contributed by atoms with Gasteiger partial charge >= 0.3 is 0 Å². The molecular weight excluding hydrogens is 210 g/mol. The summed E-state index contributed by atoms with van der Waals surface area (Å²) in [5, 5.41) is 4.53. The molecule has 2 heteroatoms. The lowest BCUT2D eigenvalue weighted by Crippen LogP contribution is -2.13. The number of aryl methyl sites for hydroxylation is 1. The van der Waals surface area contributed by atoms with Crippen molar-refractivity contribution in [2.45, 2.75) is 26.8 Å². The number of nitrogens with one attached hydrogen (secondary N) is 1. The molecule has 0 aliphatic heterocycles. The molecule has 2 aromatic rings. The van der Waals surface area contributed by atoms with Crippen LogP contribution in [0.2, 0.25) is 0 Å². The van der Waals surface area contributed by atoms with E-state index < -0.39 is 0 Å². The van der Waals surface area contributed by atoms with Gasteiger partial charge in [0.25, 0.3) is 0 Å². The van der Waals surface area contributed by atoms with Gasteiger partial charge in [-0.2, -0.15) is 0 Å². The van der Waals surface area contributed by atoms with Gasteiger partial charge in [0, 0.05) is 23.9 Å². The summed E-state index contributed by atoms with van der Waals surface area (Å²) in [6.45, 7) is 5.51. The zero-order chi connectivity index (χ0) is 12.1. The molecule has 0 atom stereocenters. The van der Waals surface area contributed by atoms with Gasteiger partial charge in [-0.15, -0.1) is 5.92 Å². The van der Waals surface area contributed by atoms with E-state index in [1.54, 1.807) is 0 Å². The molecule has 2 rings (SSSR count). The van der Waals surface area contributed by atoms with Gasteiger partial charge in [0.05, 0.1) is 6.54 Å². The maximum Gasteiger partial charge on any atom is 0.134 e. The molecule has 0 spiro atoms. The zero-order valence-electron chi connectivity index (χ0n) is 10.3. The van der Waals surface area contributed by atoms with Crippen molar-refractivity contribution in [2.24, 2.45) is 0 Å². The van der Waals surface area contributed by atoms with Crippen molar-refractivity contribution < 1.29 is 4.42 Å². The summed E-state index contributed by atoms with van der Waals surface area (Å²) in [6.07, 6.45) is 0.922. The lowest BCUT2D eigenvalue weighted by molar-refractivity contribution is 0.546. The summed E-state index contributed by atoms with van der Waals surface area (Å²) in [5.41, 5.74) is 2.24. The van der Waals surface area contributed by atoms with Crippen LogP contribution in [0.4, 0.5) is 0 Å². The Bertz CT molecular complexity index is 557. The molecule has 88 valence electrons. The van der Waals surface area contributed by atoms with Crippen molar-refractivity contribution in [1.29, 1.82) is 0 Å². The van der Waals surface area contributed by atoms with E-state index in [0.29, 0.717) is 0 Å². The van der Waals surface area contributed by atoms with E-state index >= 15 is 0 Å². The van der Waals surface area contributed by atoms with Crippen LogP contribution in [0.5, 0.6) is 0 Å². The number of fused-ring (bicyclic) bond motifs is 1. The lowest BCUT2D eigenvalue weighted by atomic mass is 10.1. The quantitative estimate of drug-likeness (QED) is 0.641. The molecule has 0 saturated carbocycles. The highest BCUT2D eigenvalue weighted by Crippen LogP contribution is 2.25. The van der Waals surface area contributed by atoms with Crippen LogP contribution in [0, 0.1) is 11.8 Å². The highest BCUT2D eigenvalue weighted by Gasteiger charge is 2.11. The van der Waals surface area contributed by atoms with Gasteiger partial charge < -0.3 is 9.73 Å². The number of benzene rings is 1. The number of rotatable bonds is 4. The molecule has 0 saturated heterocycles. The Morgan fingerprint density at radius 2 is 2.12 bits per heavy atom. The van der Waals surface area contributed by atoms with Crippen molar-refractivity contribution in [1.82, 2.24) is 5.32 Å². The molecule has 0 fully saturated rings. The van der Waals surface area contributed by atoms with Gasteiger partial charge in [0.15, 0.2) is 0 Å². The van der Waals surface area contributed by atoms with Gasteiger partial charge in [-0.05, 0) is 13.0 Å². The molecule has 0 radical (unpaired) electrons. The smallest absolute Gasteiger partial charge is 0.134 e. The van der Waals surface area contributed by atoms with E-state index in [9.17, 15) is 0 Å². The first-order chi connectivity index (χ1) is 8.36. The molecule has 1 aromatic carbocycles. The van der Waals surface area contributed by atoms with Crippen molar-refractivity contribution in [3.8, 4) is 11.8 Å². The minimum atomic E-state index is 0.721. The van der Waals surface area contributed by atoms with Crippen LogP contribution in [0.25, 0.3) is 11.0 Å². The average molecular weight is 227 g/mol. The van der Waals surface area contributed by atoms with Crippen molar-refractivity contribution in [3.63, 3.8) is 0 Å². The highest BCUT2D eigenvalue weighted by atomic mass is 16.3. The van der Waals surface area contributed by atoms with Gasteiger partial charge in [0.2, 0.25) is 0 Å². The van der Waals surface area contributed by atoms with Crippen molar-refractivity contribution in [3.05, 3.63) is 35.6 Å². The third-order valence-electron chi connectivity index (χ3n) is 2.79. The predicted molar refractivity (Wildman–Crippen MR) is 70.7 cm³/mol. The summed E-state index contributed by atoms with van der Waals surface area (Å²) < 4.78 is 5.83. The fraction of sp³-hybridized carbons (Fsp3) is 0.333. The molecular formula is C15H17NO. The monoisotopic (exact) mass is 227 g/mol. The van der Waals surface area contributed by atoms with E-state index in [2.05, 4.69) is 30.1 Å². The third-order valence-corrected chi connectivity index (χ3v) is 2.79. The second-order valence-corrected chi connectivity index (χ2v) is 3.88. The highest BCUT2D eigenvalue weighted by molar-refractivity contribution is 5.82. The number of furan rings is 1. The Morgan fingerprint density at radius 1 is 1.29 bits per heavy atom. The topological polar surface area (TPSA) is 25.2 Å². The van der Waals surface area contributed by atoms with E-state index in [4.69, 9.17) is 4.42 Å². The van der Waals surface area contributed by atoms with Gasteiger partial charge in [-0.3, -0.25) is 0 Å². The van der Waals surface area contributed by atoms with Gasteiger partial charge in [0.1, 0.15) is 11.3 Å². The molecule has 0 amide bonds. The Morgan fingerprint density at radius 3 is 2.88 bits per heavy atom. The SMILES string of the molecule is CC#CCNCc1c(CC)oc2ccccc12.